The molecule has 1 aliphatic rings. The van der Waals surface area contributed by atoms with E-state index in [1.807, 2.05) is 30.3 Å². The van der Waals surface area contributed by atoms with Crippen LogP contribution in [0.5, 0.6) is 0 Å². The zero-order chi connectivity index (χ0) is 28.6. The number of ether oxygens (including phenoxy) is 3. The monoisotopic (exact) mass is 546 g/mol. The number of halogens is 2. The minimum absolute atomic E-state index is 0.120. The molecule has 1 heterocycles. The highest BCUT2D eigenvalue weighted by Gasteiger charge is 2.36. The van der Waals surface area contributed by atoms with Gasteiger partial charge >= 0.3 is 18.2 Å². The van der Waals surface area contributed by atoms with Crippen LogP contribution < -0.4 is 5.32 Å². The fourth-order valence-corrected chi connectivity index (χ4v) is 4.05. The topological polar surface area (TPSA) is 111 Å². The first-order valence-corrected chi connectivity index (χ1v) is 12.5. The maximum absolute atomic E-state index is 13.9. The Hall–Kier alpha value is -4.02. The van der Waals surface area contributed by atoms with Crippen molar-refractivity contribution in [3.05, 3.63) is 71.3 Å². The highest BCUT2D eigenvalue weighted by Crippen LogP contribution is 2.23. The number of benzene rings is 2. The molecule has 1 aliphatic heterocycles. The second kappa shape index (κ2) is 13.2. The fraction of sp³-hybridized carbons (Fsp3) is 0.429. The second-order valence-corrected chi connectivity index (χ2v) is 10.1. The van der Waals surface area contributed by atoms with E-state index in [-0.39, 0.29) is 19.7 Å². The first kappa shape index (κ1) is 29.5. The van der Waals surface area contributed by atoms with E-state index in [2.05, 4.69) is 5.32 Å². The number of Topliss-reactive ketones (excluding diaryl/α,β-unsaturated/α-hetero) is 1. The molecule has 1 N–H and O–H groups in total. The van der Waals surface area contributed by atoms with E-state index in [1.165, 1.54) is 4.90 Å². The number of esters is 1. The van der Waals surface area contributed by atoms with Gasteiger partial charge in [0, 0.05) is 13.1 Å². The largest absolute Gasteiger partial charge is 0.456 e. The summed E-state index contributed by atoms with van der Waals surface area (Å²) in [5, 5.41) is 2.50. The molecule has 0 bridgehead atoms. The van der Waals surface area contributed by atoms with Gasteiger partial charge in [0.15, 0.2) is 6.61 Å². The summed E-state index contributed by atoms with van der Waals surface area (Å²) in [7, 11) is 0. The second-order valence-electron chi connectivity index (χ2n) is 10.1. The average Bonchev–Trinajstić information content (AvgIpc) is 2.90. The van der Waals surface area contributed by atoms with Gasteiger partial charge in [-0.05, 0) is 63.3 Å². The molecule has 0 saturated carbocycles. The number of carbonyl (C=O) groups excluding carboxylic acids is 4. The van der Waals surface area contributed by atoms with E-state index in [0.717, 1.165) is 17.7 Å². The van der Waals surface area contributed by atoms with Crippen LogP contribution in [0.2, 0.25) is 0 Å². The molecule has 0 spiro atoms. The van der Waals surface area contributed by atoms with Gasteiger partial charge in [0.2, 0.25) is 5.78 Å². The van der Waals surface area contributed by atoms with Crippen LogP contribution in [-0.2, 0) is 25.6 Å². The van der Waals surface area contributed by atoms with Crippen LogP contribution in [0.4, 0.5) is 18.4 Å². The van der Waals surface area contributed by atoms with Crippen molar-refractivity contribution in [3.63, 3.8) is 0 Å². The van der Waals surface area contributed by atoms with Gasteiger partial charge in [-0.15, -0.1) is 0 Å². The van der Waals surface area contributed by atoms with Crippen LogP contribution in [0.1, 0.15) is 49.5 Å². The molecule has 3 rings (SSSR count). The highest BCUT2D eigenvalue weighted by molar-refractivity contribution is 5.98. The molecule has 0 radical (unpaired) electrons. The number of ketones is 1. The number of amides is 2. The summed E-state index contributed by atoms with van der Waals surface area (Å²) in [6, 6.07) is 10.4. The Morgan fingerprint density at radius 2 is 1.67 bits per heavy atom. The van der Waals surface area contributed by atoms with Crippen molar-refractivity contribution < 1.29 is 42.2 Å². The molecule has 2 aromatic carbocycles. The lowest BCUT2D eigenvalue weighted by Gasteiger charge is -2.35. The van der Waals surface area contributed by atoms with Crippen molar-refractivity contribution >= 4 is 23.9 Å². The minimum atomic E-state index is -1.20. The number of piperidine rings is 1. The first-order chi connectivity index (χ1) is 18.4. The Morgan fingerprint density at radius 1 is 1.00 bits per heavy atom. The van der Waals surface area contributed by atoms with Crippen molar-refractivity contribution in [2.45, 2.75) is 51.9 Å². The molecular formula is C28H32F2N2O7. The van der Waals surface area contributed by atoms with E-state index >= 15 is 0 Å². The van der Waals surface area contributed by atoms with E-state index < -0.39 is 65.3 Å². The molecule has 2 amide bonds. The number of alkyl carbamates (subject to hydrolysis) is 1. The van der Waals surface area contributed by atoms with Crippen molar-refractivity contribution in [1.82, 2.24) is 10.2 Å². The summed E-state index contributed by atoms with van der Waals surface area (Å²) >= 11 is 0. The van der Waals surface area contributed by atoms with E-state index in [4.69, 9.17) is 14.2 Å². The van der Waals surface area contributed by atoms with Crippen molar-refractivity contribution in [2.75, 3.05) is 19.7 Å². The van der Waals surface area contributed by atoms with Gasteiger partial charge in [0.1, 0.15) is 29.9 Å². The maximum atomic E-state index is 13.9. The molecule has 1 atom stereocenters. The lowest BCUT2D eigenvalue weighted by Crippen LogP contribution is -2.52. The van der Waals surface area contributed by atoms with Gasteiger partial charge in [-0.3, -0.25) is 4.79 Å². The van der Waals surface area contributed by atoms with Gasteiger partial charge in [-0.1, -0.05) is 30.3 Å². The maximum Gasteiger partial charge on any atom is 0.410 e. The summed E-state index contributed by atoms with van der Waals surface area (Å²) in [5.74, 6) is -4.09. The Morgan fingerprint density at radius 3 is 2.31 bits per heavy atom. The van der Waals surface area contributed by atoms with E-state index in [0.29, 0.717) is 18.9 Å². The minimum Gasteiger partial charge on any atom is -0.456 e. The SMILES string of the molecule is CC(C)(C)OC(=O)NC(C(=O)OCC(=O)c1cc(F)ccc1F)C1CCN(C(=O)OCc2ccccc2)CC1. The van der Waals surface area contributed by atoms with Crippen LogP contribution in [0.3, 0.4) is 0 Å². The highest BCUT2D eigenvalue weighted by atomic mass is 19.1. The number of hydrogen-bond acceptors (Lipinski definition) is 7. The lowest BCUT2D eigenvalue weighted by molar-refractivity contribution is -0.147. The molecule has 210 valence electrons. The Kier molecular flexibility index (Phi) is 9.97. The molecule has 0 aromatic heterocycles. The van der Waals surface area contributed by atoms with Crippen LogP contribution in [-0.4, -0.2) is 60.2 Å². The molecule has 0 aliphatic carbocycles. The molecule has 1 fully saturated rings. The van der Waals surface area contributed by atoms with Crippen LogP contribution in [0.15, 0.2) is 48.5 Å². The number of nitrogens with zero attached hydrogens (tertiary/aromatic N) is 1. The van der Waals surface area contributed by atoms with Crippen molar-refractivity contribution in [2.24, 2.45) is 5.92 Å². The zero-order valence-corrected chi connectivity index (χ0v) is 22.1. The average molecular weight is 547 g/mol. The molecule has 2 aromatic rings. The van der Waals surface area contributed by atoms with Crippen LogP contribution >= 0.6 is 0 Å². The van der Waals surface area contributed by atoms with Crippen LogP contribution in [0, 0.1) is 17.6 Å². The summed E-state index contributed by atoms with van der Waals surface area (Å²) in [6.07, 6.45) is -0.721. The third-order valence-electron chi connectivity index (χ3n) is 5.97. The smallest absolute Gasteiger partial charge is 0.410 e. The van der Waals surface area contributed by atoms with Gasteiger partial charge in [-0.25, -0.2) is 23.2 Å². The van der Waals surface area contributed by atoms with Crippen molar-refractivity contribution in [3.8, 4) is 0 Å². The molecule has 11 heteroatoms. The number of nitrogens with one attached hydrogen (secondary N) is 1. The lowest BCUT2D eigenvalue weighted by atomic mass is 9.89. The predicted molar refractivity (Wildman–Crippen MR) is 136 cm³/mol. The van der Waals surface area contributed by atoms with Gasteiger partial charge in [0.05, 0.1) is 5.56 Å². The number of carbonyl (C=O) groups is 4. The van der Waals surface area contributed by atoms with E-state index in [9.17, 15) is 28.0 Å². The first-order valence-electron chi connectivity index (χ1n) is 12.5. The normalized spacial score (nSPS) is 14.7. The Balaban J connectivity index is 1.61. The number of hydrogen-bond donors (Lipinski definition) is 1. The number of rotatable bonds is 8. The molecule has 1 unspecified atom stereocenters. The van der Waals surface area contributed by atoms with Gasteiger partial charge in [-0.2, -0.15) is 0 Å². The van der Waals surface area contributed by atoms with Crippen LogP contribution in [0.25, 0.3) is 0 Å². The van der Waals surface area contributed by atoms with E-state index in [1.54, 1.807) is 20.8 Å². The summed E-state index contributed by atoms with van der Waals surface area (Å²) in [5.41, 5.74) is -0.547. The summed E-state index contributed by atoms with van der Waals surface area (Å²) in [4.78, 5) is 51.8. The van der Waals surface area contributed by atoms with Crippen molar-refractivity contribution in [1.29, 1.82) is 0 Å². The summed E-state index contributed by atoms with van der Waals surface area (Å²) < 4.78 is 43.1. The standard InChI is InChI=1S/C28H32F2N2O7/c1-28(2,3)39-26(35)31-24(25(34)37-17-23(33)21-15-20(29)9-10-22(21)30)19-11-13-32(14-12-19)27(36)38-16-18-7-5-4-6-8-18/h4-10,15,19,24H,11-14,16-17H2,1-3H3,(H,31,35). The molecule has 39 heavy (non-hydrogen) atoms. The third kappa shape index (κ3) is 9.05. The Labute approximate surface area is 225 Å². The van der Waals surface area contributed by atoms with Gasteiger partial charge < -0.3 is 24.4 Å². The quantitative estimate of drug-likeness (QED) is 0.292. The fourth-order valence-electron chi connectivity index (χ4n) is 4.05. The predicted octanol–water partition coefficient (Wildman–Crippen LogP) is 4.63. The Bertz CT molecular complexity index is 1180. The molecule has 9 nitrogen and oxygen atoms in total. The molecule has 1 saturated heterocycles. The number of likely N-dealkylation sites (tertiary alicyclic amines) is 1. The molecular weight excluding hydrogens is 514 g/mol. The third-order valence-corrected chi connectivity index (χ3v) is 5.97. The van der Waals surface area contributed by atoms with Gasteiger partial charge in [0.25, 0.3) is 0 Å². The zero-order valence-electron chi connectivity index (χ0n) is 22.1. The summed E-state index contributed by atoms with van der Waals surface area (Å²) in [6.45, 7) is 4.75.